The van der Waals surface area contributed by atoms with Crippen LogP contribution in [-0.2, 0) is 27.9 Å². The van der Waals surface area contributed by atoms with E-state index in [9.17, 15) is 39.8 Å². The van der Waals surface area contributed by atoms with Crippen molar-refractivity contribution in [3.05, 3.63) is 48.6 Å². The lowest BCUT2D eigenvalue weighted by molar-refractivity contribution is -0.220. The lowest BCUT2D eigenvalue weighted by Gasteiger charge is -2.41. The van der Waals surface area contributed by atoms with Gasteiger partial charge in [-0.15, -0.1) is 0 Å². The van der Waals surface area contributed by atoms with Crippen LogP contribution in [0.25, 0.3) is 0 Å². The van der Waals surface area contributed by atoms with Crippen LogP contribution >= 0.6 is 7.82 Å². The number of phosphoric ester groups is 1. The maximum Gasteiger partial charge on any atom is 0.472 e. The van der Waals surface area contributed by atoms with Crippen LogP contribution in [0.3, 0.4) is 0 Å². The van der Waals surface area contributed by atoms with E-state index in [1.54, 1.807) is 0 Å². The second-order valence-electron chi connectivity index (χ2n) is 14.8. The van der Waals surface area contributed by atoms with Crippen molar-refractivity contribution in [3.8, 4) is 0 Å². The maximum absolute atomic E-state index is 12.8. The predicted molar refractivity (Wildman–Crippen MR) is 221 cm³/mol. The van der Waals surface area contributed by atoms with Crippen LogP contribution in [0.15, 0.2) is 48.6 Å². The average molecular weight is 817 g/mol. The van der Waals surface area contributed by atoms with Crippen molar-refractivity contribution < 1.29 is 58.3 Å². The van der Waals surface area contributed by atoms with E-state index in [0.717, 1.165) is 83.5 Å². The van der Waals surface area contributed by atoms with E-state index < -0.39 is 63.1 Å². The molecule has 0 aromatic heterocycles. The highest BCUT2D eigenvalue weighted by Crippen LogP contribution is 2.47. The number of carbonyl (C=O) groups excluding carboxylic acids is 1. The molecule has 326 valence electrons. The van der Waals surface area contributed by atoms with Gasteiger partial charge in [-0.05, 0) is 70.6 Å². The first-order valence-corrected chi connectivity index (χ1v) is 23.0. The van der Waals surface area contributed by atoms with Crippen molar-refractivity contribution >= 4 is 13.8 Å². The Morgan fingerprint density at radius 2 is 1.05 bits per heavy atom. The smallest absolute Gasteiger partial charge is 0.457 e. The molecule has 0 aromatic carbocycles. The molecule has 0 aliphatic heterocycles. The van der Waals surface area contributed by atoms with Crippen molar-refractivity contribution in [2.24, 2.45) is 0 Å². The Bertz CT molecular complexity index is 1110. The first-order valence-electron chi connectivity index (χ1n) is 21.5. The van der Waals surface area contributed by atoms with E-state index in [1.807, 2.05) is 0 Å². The second-order valence-corrected chi connectivity index (χ2v) is 16.2. The number of aliphatic hydroxyl groups is 5. The Balaban J connectivity index is 2.45. The fourth-order valence-electron chi connectivity index (χ4n) is 6.25. The number of aliphatic hydroxyl groups excluding tert-OH is 5. The number of carbonyl (C=O) groups is 1. The molecule has 0 radical (unpaired) electrons. The van der Waals surface area contributed by atoms with Gasteiger partial charge in [-0.2, -0.15) is 0 Å². The quantitative estimate of drug-likeness (QED) is 0.0156. The number of hydrogen-bond donors (Lipinski definition) is 6. The van der Waals surface area contributed by atoms with E-state index >= 15 is 0 Å². The molecule has 1 fully saturated rings. The summed E-state index contributed by atoms with van der Waals surface area (Å²) in [6.07, 6.45) is 27.5. The van der Waals surface area contributed by atoms with Crippen molar-refractivity contribution in [1.29, 1.82) is 0 Å². The fourth-order valence-corrected chi connectivity index (χ4v) is 7.22. The number of ether oxygens (including phenoxy) is 2. The van der Waals surface area contributed by atoms with Gasteiger partial charge in [0.25, 0.3) is 0 Å². The summed E-state index contributed by atoms with van der Waals surface area (Å²) in [5.41, 5.74) is 0. The number of phosphoric acid groups is 1. The summed E-state index contributed by atoms with van der Waals surface area (Å²) in [7, 11) is -5.02. The molecule has 13 heteroatoms. The molecule has 1 saturated carbocycles. The molecule has 0 bridgehead atoms. The van der Waals surface area contributed by atoms with E-state index in [2.05, 4.69) is 62.5 Å². The Hall–Kier alpha value is -1.70. The minimum atomic E-state index is -5.02. The van der Waals surface area contributed by atoms with Gasteiger partial charge in [-0.3, -0.25) is 13.8 Å². The molecule has 1 rings (SSSR count). The first kappa shape index (κ1) is 52.3. The molecule has 0 saturated heterocycles. The third kappa shape index (κ3) is 26.3. The molecular weight excluding hydrogens is 739 g/mol. The van der Waals surface area contributed by atoms with E-state index in [1.165, 1.54) is 44.9 Å². The van der Waals surface area contributed by atoms with Crippen molar-refractivity contribution in [2.75, 3.05) is 19.8 Å². The van der Waals surface area contributed by atoms with Crippen molar-refractivity contribution in [2.45, 2.75) is 198 Å². The summed E-state index contributed by atoms with van der Waals surface area (Å²) < 4.78 is 34.1. The summed E-state index contributed by atoms with van der Waals surface area (Å²) in [6.45, 7) is 4.08. The SMILES string of the molecule is CC/C=C\C/C=C\C/C=C\CCCCCCCC(=O)OC(COCCCCCCCC/C=C\CCCCCC)COP(=O)(O)OC1C(O)C(O)C(O)C(O)C1O. The van der Waals surface area contributed by atoms with Gasteiger partial charge in [0, 0.05) is 13.0 Å². The Morgan fingerprint density at radius 3 is 1.62 bits per heavy atom. The number of hydrogen-bond acceptors (Lipinski definition) is 11. The summed E-state index contributed by atoms with van der Waals surface area (Å²) >= 11 is 0. The second kappa shape index (κ2) is 34.2. The van der Waals surface area contributed by atoms with E-state index in [-0.39, 0.29) is 13.0 Å². The summed E-state index contributed by atoms with van der Waals surface area (Å²) in [4.78, 5) is 23.1. The standard InChI is InChI=1S/C43H77O12P/c1-3-5-7-9-11-13-15-17-19-20-22-24-26-28-30-32-37(44)54-36(34-52-33-31-29-27-25-23-21-18-16-14-12-10-8-6-4-2)35-53-56(50,51)55-43-41(48)39(46)38(45)40(47)42(43)49/h5,7,11,13-14,16-17,19,36,38-43,45-49H,3-4,6,8-10,12,15,18,20-35H2,1-2H3,(H,50,51)/b7-5-,13-11-,16-14-,19-17-. The highest BCUT2D eigenvalue weighted by molar-refractivity contribution is 7.47. The Kier molecular flexibility index (Phi) is 31.9. The minimum Gasteiger partial charge on any atom is -0.457 e. The topological polar surface area (TPSA) is 192 Å². The maximum atomic E-state index is 12.8. The van der Waals surface area contributed by atoms with E-state index in [4.69, 9.17) is 18.5 Å². The molecule has 56 heavy (non-hydrogen) atoms. The third-order valence-corrected chi connectivity index (χ3v) is 10.7. The van der Waals surface area contributed by atoms with Crippen LogP contribution in [0, 0.1) is 0 Å². The van der Waals surface area contributed by atoms with Gasteiger partial charge in [0.05, 0.1) is 13.2 Å². The molecule has 12 nitrogen and oxygen atoms in total. The monoisotopic (exact) mass is 817 g/mol. The van der Waals surface area contributed by atoms with Gasteiger partial charge in [-0.1, -0.05) is 127 Å². The molecular formula is C43H77O12P. The summed E-state index contributed by atoms with van der Waals surface area (Å²) in [5.74, 6) is -0.498. The van der Waals surface area contributed by atoms with Crippen LogP contribution < -0.4 is 0 Å². The van der Waals surface area contributed by atoms with Gasteiger partial charge >= 0.3 is 13.8 Å². The minimum absolute atomic E-state index is 0.0893. The molecule has 0 spiro atoms. The number of esters is 1. The molecule has 0 amide bonds. The lowest BCUT2D eigenvalue weighted by atomic mass is 9.85. The predicted octanol–water partition coefficient (Wildman–Crippen LogP) is 8.08. The zero-order valence-corrected chi connectivity index (χ0v) is 35.3. The summed E-state index contributed by atoms with van der Waals surface area (Å²) in [5, 5.41) is 50.1. The van der Waals surface area contributed by atoms with Crippen molar-refractivity contribution in [1.82, 2.24) is 0 Å². The molecule has 6 atom stereocenters. The van der Waals surface area contributed by atoms with Crippen LogP contribution in [0.2, 0.25) is 0 Å². The zero-order valence-electron chi connectivity index (χ0n) is 34.4. The van der Waals surface area contributed by atoms with Crippen LogP contribution in [0.4, 0.5) is 0 Å². The Labute approximate surface area is 337 Å². The van der Waals surface area contributed by atoms with Crippen molar-refractivity contribution in [3.63, 3.8) is 0 Å². The number of rotatable bonds is 35. The van der Waals surface area contributed by atoms with E-state index in [0.29, 0.717) is 13.0 Å². The van der Waals surface area contributed by atoms with Crippen LogP contribution in [0.5, 0.6) is 0 Å². The summed E-state index contributed by atoms with van der Waals surface area (Å²) in [6, 6.07) is 0. The highest BCUT2D eigenvalue weighted by Gasteiger charge is 2.51. The van der Waals surface area contributed by atoms with Crippen LogP contribution in [-0.4, -0.2) is 98.9 Å². The van der Waals surface area contributed by atoms with Gasteiger partial charge in [0.2, 0.25) is 0 Å². The molecule has 6 N–H and O–H groups in total. The lowest BCUT2D eigenvalue weighted by Crippen LogP contribution is -2.64. The van der Waals surface area contributed by atoms with Gasteiger partial charge in [0.15, 0.2) is 0 Å². The Morgan fingerprint density at radius 1 is 0.589 bits per heavy atom. The third-order valence-electron chi connectivity index (χ3n) is 9.69. The van der Waals surface area contributed by atoms with Gasteiger partial charge in [-0.25, -0.2) is 4.57 Å². The fraction of sp³-hybridized carbons (Fsp3) is 0.791. The first-order chi connectivity index (χ1) is 27.0. The molecule has 6 unspecified atom stereocenters. The van der Waals surface area contributed by atoms with Crippen LogP contribution in [0.1, 0.15) is 155 Å². The van der Waals surface area contributed by atoms with Gasteiger partial charge < -0.3 is 39.9 Å². The number of allylic oxidation sites excluding steroid dienone is 8. The molecule has 1 aliphatic rings. The zero-order chi connectivity index (χ0) is 41.3. The average Bonchev–Trinajstić information content (AvgIpc) is 3.18. The molecule has 0 aromatic rings. The van der Waals surface area contributed by atoms with Gasteiger partial charge in [0.1, 0.15) is 42.7 Å². The molecule has 0 heterocycles. The highest BCUT2D eigenvalue weighted by atomic mass is 31.2. The normalized spacial score (nSPS) is 23.5. The molecule has 1 aliphatic carbocycles. The number of unbranched alkanes of at least 4 members (excludes halogenated alkanes) is 15. The largest absolute Gasteiger partial charge is 0.472 e.